The van der Waals surface area contributed by atoms with Crippen molar-refractivity contribution in [2.75, 3.05) is 25.5 Å². The van der Waals surface area contributed by atoms with Crippen molar-refractivity contribution in [2.45, 2.75) is 25.6 Å². The molecule has 0 bridgehead atoms. The molecule has 1 fully saturated rings. The fraction of sp³-hybridized carbons (Fsp3) is 0.304. The molecule has 1 unspecified atom stereocenters. The van der Waals surface area contributed by atoms with Crippen molar-refractivity contribution in [1.29, 1.82) is 0 Å². The molecule has 3 heterocycles. The van der Waals surface area contributed by atoms with Crippen LogP contribution >= 0.6 is 0 Å². The third-order valence-electron chi connectivity index (χ3n) is 6.00. The van der Waals surface area contributed by atoms with Gasteiger partial charge < -0.3 is 24.8 Å². The van der Waals surface area contributed by atoms with Gasteiger partial charge in [0, 0.05) is 23.6 Å². The summed E-state index contributed by atoms with van der Waals surface area (Å²) >= 11 is 0. The molecule has 2 aromatic carbocycles. The molecule has 12 heteroatoms. The minimum Gasteiger partial charge on any atom is -0.403 e. The van der Waals surface area contributed by atoms with E-state index in [4.69, 9.17) is 15.2 Å². The summed E-state index contributed by atoms with van der Waals surface area (Å²) in [6.45, 7) is 0.568. The van der Waals surface area contributed by atoms with Crippen LogP contribution in [0.4, 0.5) is 27.8 Å². The number of nitrogens with zero attached hydrogens (tertiary/aromatic N) is 2. The van der Waals surface area contributed by atoms with E-state index in [0.29, 0.717) is 16.5 Å². The molecular weight excluding hydrogens is 477 g/mol. The summed E-state index contributed by atoms with van der Waals surface area (Å²) in [7, 11) is 0. The highest BCUT2D eigenvalue weighted by molar-refractivity contribution is 6.00. The van der Waals surface area contributed by atoms with Crippen molar-refractivity contribution < 1.29 is 41.0 Å². The van der Waals surface area contributed by atoms with Gasteiger partial charge in [0.05, 0.1) is 43.5 Å². The Hall–Kier alpha value is -3.51. The number of anilines is 1. The quantitative estimate of drug-likeness (QED) is 0.548. The summed E-state index contributed by atoms with van der Waals surface area (Å²) in [5.74, 6) is -3.57. The Labute approximate surface area is 195 Å². The monoisotopic (exact) mass is 495 g/mol. The molecular formula is C23H18F5N3O4. The lowest BCUT2D eigenvalue weighted by molar-refractivity contribution is -0.275. The standard InChI is InChI=1S/C23H18F5N3O4/c24-16-2-1-11(5-20(16)35-23(26,27)28)19-10-33-4-3-31(19)22(32)13-6-12-14-8-34-9-15(14)21(29)30-18(12)7-17(13)25/h1-2,5-7,19H,3-4,8-10H2,(H2,29,30). The first-order chi connectivity index (χ1) is 16.6. The van der Waals surface area contributed by atoms with Gasteiger partial charge in [-0.25, -0.2) is 13.8 Å². The Kier molecular flexibility index (Phi) is 5.72. The summed E-state index contributed by atoms with van der Waals surface area (Å²) in [6.07, 6.45) is -5.10. The molecule has 0 radical (unpaired) electrons. The number of hydrogen-bond acceptors (Lipinski definition) is 6. The second-order valence-corrected chi connectivity index (χ2v) is 8.12. The molecule has 1 aromatic heterocycles. The van der Waals surface area contributed by atoms with E-state index >= 15 is 4.39 Å². The lowest BCUT2D eigenvalue weighted by Gasteiger charge is -2.36. The highest BCUT2D eigenvalue weighted by Crippen LogP contribution is 2.35. The first kappa shape index (κ1) is 23.2. The van der Waals surface area contributed by atoms with Gasteiger partial charge in [-0.3, -0.25) is 4.79 Å². The van der Waals surface area contributed by atoms with Crippen molar-refractivity contribution in [3.63, 3.8) is 0 Å². The van der Waals surface area contributed by atoms with Gasteiger partial charge in [-0.15, -0.1) is 13.2 Å². The Morgan fingerprint density at radius 2 is 1.86 bits per heavy atom. The largest absolute Gasteiger partial charge is 0.573 e. The molecule has 35 heavy (non-hydrogen) atoms. The number of fused-ring (bicyclic) bond motifs is 3. The maximum Gasteiger partial charge on any atom is 0.573 e. The van der Waals surface area contributed by atoms with Gasteiger partial charge in [-0.2, -0.15) is 0 Å². The summed E-state index contributed by atoms with van der Waals surface area (Å²) in [6, 6.07) is 4.48. The van der Waals surface area contributed by atoms with E-state index in [-0.39, 0.29) is 55.4 Å². The van der Waals surface area contributed by atoms with Crippen LogP contribution in [0.3, 0.4) is 0 Å². The van der Waals surface area contributed by atoms with Crippen molar-refractivity contribution in [3.8, 4) is 5.75 Å². The molecule has 1 saturated heterocycles. The van der Waals surface area contributed by atoms with Crippen LogP contribution in [0.15, 0.2) is 30.3 Å². The molecule has 0 spiro atoms. The fourth-order valence-corrected chi connectivity index (χ4v) is 4.36. The number of nitrogens with two attached hydrogens (primary N) is 1. The number of halogens is 5. The Balaban J connectivity index is 1.53. The number of alkyl halides is 3. The summed E-state index contributed by atoms with van der Waals surface area (Å²) in [5, 5.41) is 0.518. The van der Waals surface area contributed by atoms with Gasteiger partial charge in [-0.1, -0.05) is 6.07 Å². The molecule has 2 aliphatic rings. The zero-order valence-electron chi connectivity index (χ0n) is 18.0. The van der Waals surface area contributed by atoms with Crippen LogP contribution in [0.2, 0.25) is 0 Å². The zero-order chi connectivity index (χ0) is 24.9. The second kappa shape index (κ2) is 8.61. The van der Waals surface area contributed by atoms with E-state index < -0.39 is 35.7 Å². The van der Waals surface area contributed by atoms with Gasteiger partial charge in [0.1, 0.15) is 11.6 Å². The van der Waals surface area contributed by atoms with E-state index in [9.17, 15) is 22.4 Å². The maximum absolute atomic E-state index is 15.1. The smallest absolute Gasteiger partial charge is 0.403 e. The van der Waals surface area contributed by atoms with Gasteiger partial charge in [0.15, 0.2) is 11.6 Å². The average molecular weight is 495 g/mol. The minimum absolute atomic E-state index is 0.0367. The molecule has 1 atom stereocenters. The van der Waals surface area contributed by atoms with Gasteiger partial charge in [0.2, 0.25) is 0 Å². The third-order valence-corrected chi connectivity index (χ3v) is 6.00. The lowest BCUT2D eigenvalue weighted by atomic mass is 9.99. The van der Waals surface area contributed by atoms with Crippen molar-refractivity contribution in [2.24, 2.45) is 0 Å². The number of carbonyl (C=O) groups is 1. The molecule has 1 amide bonds. The highest BCUT2D eigenvalue weighted by Gasteiger charge is 2.35. The number of nitrogen functional groups attached to an aromatic ring is 1. The number of hydrogen-bond donors (Lipinski definition) is 1. The van der Waals surface area contributed by atoms with E-state index in [1.807, 2.05) is 0 Å². The zero-order valence-corrected chi connectivity index (χ0v) is 18.0. The van der Waals surface area contributed by atoms with Crippen LogP contribution in [-0.4, -0.2) is 41.9 Å². The van der Waals surface area contributed by atoms with E-state index in [0.717, 1.165) is 18.2 Å². The molecule has 0 aliphatic carbocycles. The lowest BCUT2D eigenvalue weighted by Crippen LogP contribution is -2.43. The number of pyridine rings is 1. The number of rotatable bonds is 3. The normalized spacial score (nSPS) is 18.1. The average Bonchev–Trinajstić information content (AvgIpc) is 3.30. The molecule has 0 saturated carbocycles. The van der Waals surface area contributed by atoms with E-state index in [1.54, 1.807) is 0 Å². The van der Waals surface area contributed by atoms with E-state index in [2.05, 4.69) is 9.72 Å². The molecule has 7 nitrogen and oxygen atoms in total. The van der Waals surface area contributed by atoms with Crippen LogP contribution in [0.1, 0.15) is 33.1 Å². The molecule has 2 aliphatic heterocycles. The van der Waals surface area contributed by atoms with Gasteiger partial charge in [-0.05, 0) is 29.3 Å². The molecule has 184 valence electrons. The van der Waals surface area contributed by atoms with Crippen LogP contribution in [0.5, 0.6) is 5.75 Å². The van der Waals surface area contributed by atoms with E-state index in [1.165, 1.54) is 17.0 Å². The van der Waals surface area contributed by atoms with Crippen molar-refractivity contribution in [1.82, 2.24) is 9.88 Å². The number of morpholine rings is 1. The highest BCUT2D eigenvalue weighted by atomic mass is 19.4. The first-order valence-electron chi connectivity index (χ1n) is 10.5. The third kappa shape index (κ3) is 4.34. The van der Waals surface area contributed by atoms with Crippen molar-refractivity contribution >= 4 is 22.6 Å². The number of benzene rings is 2. The van der Waals surface area contributed by atoms with Crippen LogP contribution in [0.25, 0.3) is 10.9 Å². The topological polar surface area (TPSA) is 86.9 Å². The fourth-order valence-electron chi connectivity index (χ4n) is 4.36. The molecule has 5 rings (SSSR count). The number of amides is 1. The number of carbonyl (C=O) groups excluding carboxylic acids is 1. The predicted molar refractivity (Wildman–Crippen MR) is 112 cm³/mol. The first-order valence-corrected chi connectivity index (χ1v) is 10.5. The second-order valence-electron chi connectivity index (χ2n) is 8.12. The summed E-state index contributed by atoms with van der Waals surface area (Å²) in [5.41, 5.74) is 7.49. The SMILES string of the molecule is Nc1nc2cc(F)c(C(=O)N3CCOCC3c3ccc(F)c(OC(F)(F)F)c3)cc2c2c1COC2. The predicted octanol–water partition coefficient (Wildman–Crippen LogP) is 4.24. The Bertz CT molecular complexity index is 1330. The van der Waals surface area contributed by atoms with Gasteiger partial charge in [0.25, 0.3) is 5.91 Å². The maximum atomic E-state index is 15.1. The Morgan fingerprint density at radius 1 is 1.09 bits per heavy atom. The summed E-state index contributed by atoms with van der Waals surface area (Å²) in [4.78, 5) is 18.9. The number of ether oxygens (including phenoxy) is 3. The Morgan fingerprint density at radius 3 is 2.63 bits per heavy atom. The summed E-state index contributed by atoms with van der Waals surface area (Å²) < 4.78 is 81.6. The molecule has 3 aromatic rings. The van der Waals surface area contributed by atoms with Crippen molar-refractivity contribution in [3.05, 3.63) is 64.2 Å². The van der Waals surface area contributed by atoms with Crippen LogP contribution in [-0.2, 0) is 22.7 Å². The van der Waals surface area contributed by atoms with Crippen LogP contribution in [0, 0.1) is 11.6 Å². The number of aromatic nitrogens is 1. The van der Waals surface area contributed by atoms with Crippen LogP contribution < -0.4 is 10.5 Å². The van der Waals surface area contributed by atoms with Gasteiger partial charge >= 0.3 is 6.36 Å². The molecule has 2 N–H and O–H groups in total. The minimum atomic E-state index is -5.10.